The zero-order chi connectivity index (χ0) is 25.4. The summed E-state index contributed by atoms with van der Waals surface area (Å²) in [5, 5.41) is 9.92. The van der Waals surface area contributed by atoms with Gasteiger partial charge in [-0.05, 0) is 82.2 Å². The average molecular weight is 584 g/mol. The van der Waals surface area contributed by atoms with E-state index in [0.29, 0.717) is 17.9 Å². The number of hydrogen-bond donors (Lipinski definition) is 0. The number of nitrogens with zero attached hydrogens (tertiary/aromatic N) is 4. The summed E-state index contributed by atoms with van der Waals surface area (Å²) >= 11 is 1.78. The molecular formula is C27H43Cl2F3N4S. The Morgan fingerprint density at radius 2 is 1.62 bits per heavy atom. The lowest BCUT2D eigenvalue weighted by Gasteiger charge is -2.27. The summed E-state index contributed by atoms with van der Waals surface area (Å²) in [5.41, 5.74) is 1.51. The lowest BCUT2D eigenvalue weighted by atomic mass is 10.0. The van der Waals surface area contributed by atoms with Crippen molar-refractivity contribution in [2.24, 2.45) is 22.0 Å². The van der Waals surface area contributed by atoms with Crippen LogP contribution in [0.2, 0.25) is 0 Å². The molecule has 2 atom stereocenters. The normalized spacial score (nSPS) is 22.7. The summed E-state index contributed by atoms with van der Waals surface area (Å²) in [6.45, 7) is 12.2. The maximum atomic E-state index is 12.9. The molecule has 1 aromatic carbocycles. The number of hydrogen-bond acceptors (Lipinski definition) is 5. The van der Waals surface area contributed by atoms with Gasteiger partial charge >= 0.3 is 6.18 Å². The molecule has 0 aromatic heterocycles. The number of benzene rings is 1. The van der Waals surface area contributed by atoms with Crippen molar-refractivity contribution in [3.63, 3.8) is 0 Å². The fourth-order valence-corrected chi connectivity index (χ4v) is 6.17. The van der Waals surface area contributed by atoms with E-state index in [2.05, 4.69) is 26.9 Å². The molecule has 0 amide bonds. The molecule has 3 aliphatic rings. The smallest absolute Gasteiger partial charge is 0.367 e. The van der Waals surface area contributed by atoms with E-state index in [1.807, 2.05) is 20.8 Å². The zero-order valence-electron chi connectivity index (χ0n) is 22.5. The first-order valence-corrected chi connectivity index (χ1v) is 14.2. The Balaban J connectivity index is 0.00000167. The highest BCUT2D eigenvalue weighted by atomic mass is 35.5. The molecule has 2 unspecified atom stereocenters. The van der Waals surface area contributed by atoms with Crippen LogP contribution in [-0.4, -0.2) is 53.6 Å². The van der Waals surface area contributed by atoms with Gasteiger partial charge < -0.3 is 9.80 Å². The topological polar surface area (TPSA) is 31.2 Å². The molecule has 10 heteroatoms. The quantitative estimate of drug-likeness (QED) is 0.140. The fraction of sp³-hybridized carbons (Fsp3) is 0.704. The Morgan fingerprint density at radius 3 is 2.24 bits per heavy atom. The number of anilines is 1. The van der Waals surface area contributed by atoms with Crippen molar-refractivity contribution >= 4 is 53.0 Å². The number of halogens is 5. The second-order valence-corrected chi connectivity index (χ2v) is 10.9. The SMILES string of the molecule is C/C(=N\N=C(/C)C1CCCC1)SCCCN1CC2CCN(c3ccc(C(F)(F)F)cc3)C2C1.CC.Cl.Cl. The largest absolute Gasteiger partial charge is 0.416 e. The first-order chi connectivity index (χ1) is 16.8. The molecule has 0 N–H and O–H groups in total. The van der Waals surface area contributed by atoms with E-state index in [4.69, 9.17) is 0 Å². The molecule has 37 heavy (non-hydrogen) atoms. The molecule has 2 saturated heterocycles. The average Bonchev–Trinajstić information content (AvgIpc) is 3.59. The van der Waals surface area contributed by atoms with E-state index in [1.54, 1.807) is 23.9 Å². The van der Waals surface area contributed by atoms with Gasteiger partial charge in [0, 0.05) is 42.8 Å². The maximum absolute atomic E-state index is 12.9. The standard InChI is InChI=1S/C25H35F3N4S.C2H6.2ClH/c1-18(20-6-3-4-7-20)29-30-19(2)33-15-5-13-31-16-21-12-14-32(24(21)17-31)23-10-8-22(9-11-23)25(26,27)28;1-2;;/h8-11,20-21,24H,3-7,12-17H2,1-2H3;1-2H3;2*1H/b29-18+,30-19+;;;. The summed E-state index contributed by atoms with van der Waals surface area (Å²) in [6.07, 6.45) is 3.07. The van der Waals surface area contributed by atoms with Gasteiger partial charge in [-0.3, -0.25) is 0 Å². The molecule has 2 heterocycles. The van der Waals surface area contributed by atoms with Crippen molar-refractivity contribution in [1.82, 2.24) is 4.90 Å². The number of alkyl halides is 3. The minimum atomic E-state index is -4.28. The predicted octanol–water partition coefficient (Wildman–Crippen LogP) is 8.19. The van der Waals surface area contributed by atoms with Gasteiger partial charge in [0.25, 0.3) is 0 Å². The van der Waals surface area contributed by atoms with Crippen LogP contribution in [0.4, 0.5) is 18.9 Å². The highest BCUT2D eigenvalue weighted by Crippen LogP contribution is 2.37. The van der Waals surface area contributed by atoms with E-state index in [-0.39, 0.29) is 24.8 Å². The van der Waals surface area contributed by atoms with Gasteiger partial charge in [0.05, 0.1) is 10.6 Å². The Morgan fingerprint density at radius 1 is 0.973 bits per heavy atom. The van der Waals surface area contributed by atoms with Crippen LogP contribution in [0.3, 0.4) is 0 Å². The molecule has 2 aliphatic heterocycles. The van der Waals surface area contributed by atoms with Crippen molar-refractivity contribution in [3.05, 3.63) is 29.8 Å². The van der Waals surface area contributed by atoms with Crippen LogP contribution in [0.25, 0.3) is 0 Å². The van der Waals surface area contributed by atoms with Crippen molar-refractivity contribution in [1.29, 1.82) is 0 Å². The van der Waals surface area contributed by atoms with Crippen LogP contribution in [0.5, 0.6) is 0 Å². The molecular weight excluding hydrogens is 540 g/mol. The number of fused-ring (bicyclic) bond motifs is 1. The van der Waals surface area contributed by atoms with E-state index in [9.17, 15) is 13.2 Å². The lowest BCUT2D eigenvalue weighted by molar-refractivity contribution is -0.137. The minimum absolute atomic E-state index is 0. The number of likely N-dealkylation sites (tertiary alicyclic amines) is 1. The monoisotopic (exact) mass is 582 g/mol. The van der Waals surface area contributed by atoms with Gasteiger partial charge in [0.1, 0.15) is 0 Å². The molecule has 1 aromatic rings. The molecule has 4 nitrogen and oxygen atoms in total. The highest BCUT2D eigenvalue weighted by molar-refractivity contribution is 8.13. The lowest BCUT2D eigenvalue weighted by Crippen LogP contribution is -2.35. The van der Waals surface area contributed by atoms with Crippen LogP contribution >= 0.6 is 36.6 Å². The Labute approximate surface area is 237 Å². The summed E-state index contributed by atoms with van der Waals surface area (Å²) in [7, 11) is 0. The highest BCUT2D eigenvalue weighted by Gasteiger charge is 2.41. The van der Waals surface area contributed by atoms with Crippen LogP contribution in [0.15, 0.2) is 34.5 Å². The Kier molecular flexibility index (Phi) is 14.9. The molecule has 3 fully saturated rings. The summed E-state index contributed by atoms with van der Waals surface area (Å²) in [5.74, 6) is 2.27. The number of thioether (sulfide) groups is 1. The molecule has 0 radical (unpaired) electrons. The third-order valence-corrected chi connectivity index (χ3v) is 8.37. The second kappa shape index (κ2) is 16.2. The van der Waals surface area contributed by atoms with Gasteiger partial charge in [-0.25, -0.2) is 0 Å². The molecule has 0 bridgehead atoms. The van der Waals surface area contributed by atoms with Crippen molar-refractivity contribution in [2.45, 2.75) is 78.4 Å². The summed E-state index contributed by atoms with van der Waals surface area (Å²) in [4.78, 5) is 4.82. The fourth-order valence-electron chi connectivity index (χ4n) is 5.51. The van der Waals surface area contributed by atoms with E-state index < -0.39 is 11.7 Å². The predicted molar refractivity (Wildman–Crippen MR) is 158 cm³/mol. The zero-order valence-corrected chi connectivity index (χ0v) is 24.9. The Bertz CT molecular complexity index is 858. The molecule has 1 aliphatic carbocycles. The maximum Gasteiger partial charge on any atom is 0.416 e. The van der Waals surface area contributed by atoms with Crippen LogP contribution in [0, 0.1) is 11.8 Å². The number of rotatable bonds is 7. The summed E-state index contributed by atoms with van der Waals surface area (Å²) < 4.78 is 38.6. The van der Waals surface area contributed by atoms with Crippen LogP contribution < -0.4 is 4.90 Å². The third kappa shape index (κ3) is 9.63. The van der Waals surface area contributed by atoms with E-state index in [1.165, 1.54) is 43.5 Å². The minimum Gasteiger partial charge on any atom is -0.367 e. The van der Waals surface area contributed by atoms with Gasteiger partial charge in [0.15, 0.2) is 0 Å². The van der Waals surface area contributed by atoms with Crippen molar-refractivity contribution < 1.29 is 13.2 Å². The molecule has 4 rings (SSSR count). The van der Waals surface area contributed by atoms with E-state index >= 15 is 0 Å². The third-order valence-electron chi connectivity index (χ3n) is 7.37. The summed E-state index contributed by atoms with van der Waals surface area (Å²) in [6, 6.07) is 6.07. The van der Waals surface area contributed by atoms with Crippen molar-refractivity contribution in [3.8, 4) is 0 Å². The first-order valence-electron chi connectivity index (χ1n) is 13.2. The molecule has 212 valence electrons. The second-order valence-electron chi connectivity index (χ2n) is 9.66. The van der Waals surface area contributed by atoms with Crippen molar-refractivity contribution in [2.75, 3.05) is 36.8 Å². The van der Waals surface area contributed by atoms with Gasteiger partial charge in [-0.1, -0.05) is 26.7 Å². The molecule has 0 spiro atoms. The van der Waals surface area contributed by atoms with Gasteiger partial charge in [-0.2, -0.15) is 18.3 Å². The van der Waals surface area contributed by atoms with Gasteiger partial charge in [-0.15, -0.1) is 41.7 Å². The molecule has 1 saturated carbocycles. The van der Waals surface area contributed by atoms with Crippen LogP contribution in [0.1, 0.15) is 71.8 Å². The van der Waals surface area contributed by atoms with E-state index in [0.717, 1.165) is 55.5 Å². The first kappa shape index (κ1) is 34.1. The van der Waals surface area contributed by atoms with Crippen LogP contribution in [-0.2, 0) is 6.18 Å². The van der Waals surface area contributed by atoms with Gasteiger partial charge in [0.2, 0.25) is 0 Å². The Hall–Kier alpha value is -0.960.